The largest absolute Gasteiger partial charge is 0.328 e. The van der Waals surface area contributed by atoms with Gasteiger partial charge in [-0.3, -0.25) is 4.79 Å². The first kappa shape index (κ1) is 21.2. The molecular formula is C22H22Cl2N4OS. The summed E-state index contributed by atoms with van der Waals surface area (Å²) in [5.41, 5.74) is 1.82. The van der Waals surface area contributed by atoms with Crippen LogP contribution in [-0.2, 0) is 12.3 Å². The molecule has 0 N–H and O–H groups in total. The maximum Gasteiger partial charge on any atom is 0.254 e. The molecule has 5 nitrogen and oxygen atoms in total. The number of carbonyl (C=O) groups excluding carboxylic acids is 1. The van der Waals surface area contributed by atoms with Gasteiger partial charge in [-0.15, -0.1) is 10.2 Å². The third-order valence-corrected chi connectivity index (χ3v) is 6.79. The van der Waals surface area contributed by atoms with Gasteiger partial charge in [0.05, 0.1) is 6.04 Å². The summed E-state index contributed by atoms with van der Waals surface area (Å²) in [5, 5.41) is 11.2. The predicted octanol–water partition coefficient (Wildman–Crippen LogP) is 5.87. The Kier molecular flexibility index (Phi) is 6.66. The van der Waals surface area contributed by atoms with Crippen molar-refractivity contribution in [2.75, 3.05) is 6.54 Å². The van der Waals surface area contributed by atoms with Gasteiger partial charge in [-0.05, 0) is 61.7 Å². The summed E-state index contributed by atoms with van der Waals surface area (Å²) in [6.45, 7) is 3.56. The van der Waals surface area contributed by atoms with Crippen molar-refractivity contribution in [2.24, 2.45) is 0 Å². The highest BCUT2D eigenvalue weighted by Gasteiger charge is 2.34. The number of likely N-dealkylation sites (tertiary alicyclic amines) is 1. The number of hydrogen-bond acceptors (Lipinski definition) is 4. The van der Waals surface area contributed by atoms with E-state index in [4.69, 9.17) is 23.2 Å². The molecule has 30 heavy (non-hydrogen) atoms. The van der Waals surface area contributed by atoms with Crippen LogP contribution in [0.25, 0.3) is 0 Å². The summed E-state index contributed by atoms with van der Waals surface area (Å²) >= 11 is 13.6. The van der Waals surface area contributed by atoms with E-state index in [2.05, 4.69) is 21.7 Å². The van der Waals surface area contributed by atoms with Crippen molar-refractivity contribution in [3.63, 3.8) is 0 Å². The quantitative estimate of drug-likeness (QED) is 0.431. The van der Waals surface area contributed by atoms with Crippen LogP contribution in [0, 0.1) is 0 Å². The summed E-state index contributed by atoms with van der Waals surface area (Å²) in [6.07, 6.45) is 1.84. The van der Waals surface area contributed by atoms with Crippen LogP contribution < -0.4 is 0 Å². The van der Waals surface area contributed by atoms with E-state index in [9.17, 15) is 4.79 Å². The number of rotatable bonds is 6. The molecule has 0 spiro atoms. The first-order chi connectivity index (χ1) is 14.6. The molecule has 1 unspecified atom stereocenters. The van der Waals surface area contributed by atoms with Gasteiger partial charge in [0, 0.05) is 34.5 Å². The highest BCUT2D eigenvalue weighted by Crippen LogP contribution is 2.34. The Morgan fingerprint density at radius 1 is 1.07 bits per heavy atom. The number of hydrogen-bond donors (Lipinski definition) is 0. The van der Waals surface area contributed by atoms with E-state index in [0.717, 1.165) is 47.7 Å². The number of nitrogens with zero attached hydrogens (tertiary/aromatic N) is 4. The Labute approximate surface area is 190 Å². The monoisotopic (exact) mass is 460 g/mol. The van der Waals surface area contributed by atoms with Crippen molar-refractivity contribution in [3.05, 3.63) is 75.5 Å². The molecule has 0 bridgehead atoms. The third kappa shape index (κ3) is 4.51. The molecule has 1 amide bonds. The highest BCUT2D eigenvalue weighted by molar-refractivity contribution is 7.98. The lowest BCUT2D eigenvalue weighted by Crippen LogP contribution is -2.32. The molecular weight excluding hydrogens is 439 g/mol. The van der Waals surface area contributed by atoms with Gasteiger partial charge in [0.2, 0.25) is 0 Å². The van der Waals surface area contributed by atoms with Crippen LogP contribution in [0.2, 0.25) is 10.0 Å². The van der Waals surface area contributed by atoms with Crippen molar-refractivity contribution in [1.82, 2.24) is 19.7 Å². The molecule has 1 saturated heterocycles. The number of carbonyl (C=O) groups is 1. The van der Waals surface area contributed by atoms with Gasteiger partial charge in [0.15, 0.2) is 11.0 Å². The van der Waals surface area contributed by atoms with E-state index < -0.39 is 0 Å². The molecule has 0 radical (unpaired) electrons. The van der Waals surface area contributed by atoms with Gasteiger partial charge in [0.1, 0.15) is 0 Å². The summed E-state index contributed by atoms with van der Waals surface area (Å²) in [5.74, 6) is 1.65. The molecule has 8 heteroatoms. The zero-order valence-electron chi connectivity index (χ0n) is 16.6. The molecule has 2 aromatic carbocycles. The fourth-order valence-electron chi connectivity index (χ4n) is 3.72. The molecule has 1 fully saturated rings. The zero-order chi connectivity index (χ0) is 21.1. The summed E-state index contributed by atoms with van der Waals surface area (Å²) in [4.78, 5) is 15.0. The number of halogens is 2. The van der Waals surface area contributed by atoms with E-state index >= 15 is 0 Å². The maximum absolute atomic E-state index is 13.1. The summed E-state index contributed by atoms with van der Waals surface area (Å²) in [7, 11) is 0. The first-order valence-electron chi connectivity index (χ1n) is 9.93. The fourth-order valence-corrected chi connectivity index (χ4v) is 4.93. The standard InChI is InChI=1S/C22H22Cl2N4OS/c1-2-27-20(25-26-22(27)30-14-15-5-9-17(23)10-6-15)19-4-3-13-28(19)21(29)16-7-11-18(24)12-8-16/h5-12,19H,2-4,13-14H2,1H3. The van der Waals surface area contributed by atoms with E-state index in [0.29, 0.717) is 10.6 Å². The minimum absolute atomic E-state index is 0.00943. The van der Waals surface area contributed by atoms with Crippen molar-refractivity contribution in [2.45, 2.75) is 43.3 Å². The molecule has 156 valence electrons. The Hall–Kier alpha value is -2.02. The van der Waals surface area contributed by atoms with Crippen LogP contribution in [0.1, 0.15) is 47.6 Å². The minimum Gasteiger partial charge on any atom is -0.328 e. The Morgan fingerprint density at radius 3 is 2.40 bits per heavy atom. The average molecular weight is 461 g/mol. The lowest BCUT2D eigenvalue weighted by Gasteiger charge is -2.24. The molecule has 1 aromatic heterocycles. The molecule has 4 rings (SSSR count). The predicted molar refractivity (Wildman–Crippen MR) is 121 cm³/mol. The van der Waals surface area contributed by atoms with Crippen LogP contribution in [-0.4, -0.2) is 32.1 Å². The normalized spacial score (nSPS) is 16.2. The van der Waals surface area contributed by atoms with Crippen LogP contribution >= 0.6 is 35.0 Å². The van der Waals surface area contributed by atoms with Gasteiger partial charge >= 0.3 is 0 Å². The van der Waals surface area contributed by atoms with E-state index in [1.54, 1.807) is 36.0 Å². The Bertz CT molecular complexity index is 1020. The molecule has 1 aliphatic heterocycles. The Morgan fingerprint density at radius 2 is 1.73 bits per heavy atom. The average Bonchev–Trinajstić information content (AvgIpc) is 3.39. The second-order valence-corrected chi connectivity index (χ2v) is 8.98. The lowest BCUT2D eigenvalue weighted by atomic mass is 10.1. The van der Waals surface area contributed by atoms with Gasteiger partial charge in [-0.1, -0.05) is 47.1 Å². The third-order valence-electron chi connectivity index (χ3n) is 5.25. The zero-order valence-corrected chi connectivity index (χ0v) is 18.9. The molecule has 0 aliphatic carbocycles. The van der Waals surface area contributed by atoms with Crippen molar-refractivity contribution in [1.29, 1.82) is 0 Å². The van der Waals surface area contributed by atoms with Gasteiger partial charge in [0.25, 0.3) is 5.91 Å². The highest BCUT2D eigenvalue weighted by atomic mass is 35.5. The van der Waals surface area contributed by atoms with E-state index in [-0.39, 0.29) is 11.9 Å². The number of benzene rings is 2. The topological polar surface area (TPSA) is 51.0 Å². The van der Waals surface area contributed by atoms with Gasteiger partial charge in [-0.25, -0.2) is 0 Å². The fraction of sp³-hybridized carbons (Fsp3) is 0.318. The Balaban J connectivity index is 1.53. The molecule has 2 heterocycles. The van der Waals surface area contributed by atoms with Gasteiger partial charge in [-0.2, -0.15) is 0 Å². The van der Waals surface area contributed by atoms with Crippen LogP contribution in [0.4, 0.5) is 0 Å². The minimum atomic E-state index is -0.0643. The first-order valence-corrected chi connectivity index (χ1v) is 11.7. The van der Waals surface area contributed by atoms with Crippen LogP contribution in [0.5, 0.6) is 0 Å². The van der Waals surface area contributed by atoms with Crippen molar-refractivity contribution >= 4 is 40.9 Å². The number of aromatic nitrogens is 3. The van der Waals surface area contributed by atoms with Crippen molar-refractivity contribution < 1.29 is 4.79 Å². The maximum atomic E-state index is 13.1. The van der Waals surface area contributed by atoms with E-state index in [1.807, 2.05) is 29.2 Å². The van der Waals surface area contributed by atoms with Crippen LogP contribution in [0.15, 0.2) is 53.7 Å². The number of amides is 1. The molecule has 0 saturated carbocycles. The second kappa shape index (κ2) is 9.41. The number of thioether (sulfide) groups is 1. The SMILES string of the molecule is CCn1c(SCc2ccc(Cl)cc2)nnc1C1CCCN1C(=O)c1ccc(Cl)cc1. The summed E-state index contributed by atoms with van der Waals surface area (Å²) < 4.78 is 2.12. The van der Waals surface area contributed by atoms with Crippen molar-refractivity contribution in [3.8, 4) is 0 Å². The molecule has 1 aliphatic rings. The van der Waals surface area contributed by atoms with E-state index in [1.165, 1.54) is 5.56 Å². The molecule has 3 aromatic rings. The van der Waals surface area contributed by atoms with Gasteiger partial charge < -0.3 is 9.47 Å². The smallest absolute Gasteiger partial charge is 0.254 e. The lowest BCUT2D eigenvalue weighted by molar-refractivity contribution is 0.0727. The summed E-state index contributed by atoms with van der Waals surface area (Å²) in [6, 6.07) is 14.8. The molecule has 1 atom stereocenters. The second-order valence-electron chi connectivity index (χ2n) is 7.16. The van der Waals surface area contributed by atoms with Crippen LogP contribution in [0.3, 0.4) is 0 Å².